The van der Waals surface area contributed by atoms with Crippen LogP contribution in [0.2, 0.25) is 0 Å². The number of ether oxygens (including phenoxy) is 1. The lowest BCUT2D eigenvalue weighted by atomic mass is 10.1. The Labute approximate surface area is 146 Å². The van der Waals surface area contributed by atoms with Crippen LogP contribution in [0.4, 0.5) is 0 Å². The van der Waals surface area contributed by atoms with Crippen molar-refractivity contribution in [2.45, 2.75) is 6.92 Å². The van der Waals surface area contributed by atoms with Crippen LogP contribution in [0.3, 0.4) is 0 Å². The first-order valence-electron chi connectivity index (χ1n) is 7.86. The summed E-state index contributed by atoms with van der Waals surface area (Å²) in [6.07, 6.45) is 5.45. The third-order valence-corrected chi connectivity index (χ3v) is 4.23. The highest BCUT2D eigenvalue weighted by Crippen LogP contribution is 2.24. The van der Waals surface area contributed by atoms with Gasteiger partial charge in [0, 0.05) is 49.5 Å². The number of carbonyl (C=O) groups is 1. The molecule has 0 aliphatic carbocycles. The molecular weight excluding hydrogens is 356 g/mol. The van der Waals surface area contributed by atoms with E-state index in [1.165, 1.54) is 0 Å². The van der Waals surface area contributed by atoms with Gasteiger partial charge in [0.05, 0.1) is 12.2 Å². The van der Waals surface area contributed by atoms with Gasteiger partial charge in [0.15, 0.2) is 5.78 Å². The van der Waals surface area contributed by atoms with Crippen LogP contribution in [-0.2, 0) is 0 Å². The molecule has 0 radical (unpaired) electrons. The molecule has 1 aromatic carbocycles. The first kappa shape index (κ1) is 17.8. The van der Waals surface area contributed by atoms with E-state index in [1.54, 1.807) is 12.1 Å². The molecule has 0 aromatic heterocycles. The minimum atomic E-state index is -0.0386. The normalized spacial score (nSPS) is 15.8. The Bertz CT molecular complexity index is 578. The van der Waals surface area contributed by atoms with Gasteiger partial charge in [0.2, 0.25) is 0 Å². The lowest BCUT2D eigenvalue weighted by molar-refractivity contribution is 0.104. The molecule has 1 fully saturated rings. The van der Waals surface area contributed by atoms with Crippen LogP contribution in [0.15, 0.2) is 47.6 Å². The molecule has 0 bridgehead atoms. The summed E-state index contributed by atoms with van der Waals surface area (Å²) >= 11 is 3.41. The van der Waals surface area contributed by atoms with Gasteiger partial charge in [-0.2, -0.15) is 0 Å². The molecule has 124 valence electrons. The van der Waals surface area contributed by atoms with Gasteiger partial charge in [-0.15, -0.1) is 6.58 Å². The summed E-state index contributed by atoms with van der Waals surface area (Å²) in [5.41, 5.74) is 0.586. The number of nitrogens with zero attached hydrogens (tertiary/aromatic N) is 2. The number of hydrogen-bond acceptors (Lipinski definition) is 4. The number of rotatable bonds is 7. The average Bonchev–Trinajstić information content (AvgIpc) is 2.56. The van der Waals surface area contributed by atoms with Crippen molar-refractivity contribution in [3.8, 4) is 5.75 Å². The SMILES string of the molecule is C=CCN1CCN(C=CC(=O)c2cc(Br)ccc2OCC)CC1. The Balaban J connectivity index is 1.99. The second-order valence-corrected chi connectivity index (χ2v) is 6.29. The predicted octanol–water partition coefficient (Wildman–Crippen LogP) is 3.35. The largest absolute Gasteiger partial charge is 0.493 e. The van der Waals surface area contributed by atoms with Crippen molar-refractivity contribution in [3.05, 3.63) is 53.2 Å². The minimum absolute atomic E-state index is 0.0386. The van der Waals surface area contributed by atoms with Crippen LogP contribution in [-0.4, -0.2) is 54.9 Å². The maximum absolute atomic E-state index is 12.5. The molecule has 0 atom stereocenters. The monoisotopic (exact) mass is 378 g/mol. The maximum Gasteiger partial charge on any atom is 0.191 e. The van der Waals surface area contributed by atoms with Gasteiger partial charge in [-0.05, 0) is 25.1 Å². The van der Waals surface area contributed by atoms with E-state index < -0.39 is 0 Å². The van der Waals surface area contributed by atoms with Crippen LogP contribution in [0.25, 0.3) is 0 Å². The zero-order chi connectivity index (χ0) is 16.7. The Morgan fingerprint density at radius 3 is 2.74 bits per heavy atom. The lowest BCUT2D eigenvalue weighted by Crippen LogP contribution is -2.43. The van der Waals surface area contributed by atoms with E-state index in [4.69, 9.17) is 4.74 Å². The first-order valence-corrected chi connectivity index (χ1v) is 8.65. The van der Waals surface area contributed by atoms with Gasteiger partial charge >= 0.3 is 0 Å². The highest BCUT2D eigenvalue weighted by Gasteiger charge is 2.14. The molecule has 4 nitrogen and oxygen atoms in total. The Hall–Kier alpha value is -1.59. The predicted molar refractivity (Wildman–Crippen MR) is 97.0 cm³/mol. The van der Waals surface area contributed by atoms with Crippen LogP contribution >= 0.6 is 15.9 Å². The van der Waals surface area contributed by atoms with Crippen LogP contribution < -0.4 is 4.74 Å². The van der Waals surface area contributed by atoms with Gasteiger partial charge in [0.25, 0.3) is 0 Å². The summed E-state index contributed by atoms with van der Waals surface area (Å²) in [6, 6.07) is 5.51. The van der Waals surface area contributed by atoms with Crippen LogP contribution in [0.5, 0.6) is 5.75 Å². The van der Waals surface area contributed by atoms with E-state index in [-0.39, 0.29) is 5.78 Å². The molecule has 0 N–H and O–H groups in total. The number of carbonyl (C=O) groups excluding carboxylic acids is 1. The fourth-order valence-corrected chi connectivity index (χ4v) is 2.88. The quantitative estimate of drug-likeness (QED) is 0.413. The van der Waals surface area contributed by atoms with Crippen molar-refractivity contribution < 1.29 is 9.53 Å². The highest BCUT2D eigenvalue weighted by molar-refractivity contribution is 9.10. The van der Waals surface area contributed by atoms with Crippen molar-refractivity contribution in [1.82, 2.24) is 9.80 Å². The number of ketones is 1. The summed E-state index contributed by atoms with van der Waals surface area (Å²) in [6.45, 7) is 11.0. The standard InChI is InChI=1S/C18H23BrN2O2/c1-3-8-20-10-12-21(13-11-20)9-7-17(22)16-14-15(19)5-6-18(16)23-4-2/h3,5-7,9,14H,1,4,8,10-13H2,2H3. The molecule has 0 spiro atoms. The fraction of sp³-hybridized carbons (Fsp3) is 0.389. The van der Waals surface area contributed by atoms with E-state index >= 15 is 0 Å². The molecule has 1 aromatic rings. The molecule has 23 heavy (non-hydrogen) atoms. The number of piperazine rings is 1. The smallest absolute Gasteiger partial charge is 0.191 e. The van der Waals surface area contributed by atoms with Gasteiger partial charge in [-0.25, -0.2) is 0 Å². The Morgan fingerprint density at radius 2 is 2.09 bits per heavy atom. The van der Waals surface area contributed by atoms with Crippen molar-refractivity contribution in [1.29, 1.82) is 0 Å². The molecular formula is C18H23BrN2O2. The summed E-state index contributed by atoms with van der Waals surface area (Å²) in [4.78, 5) is 17.0. The number of allylic oxidation sites excluding steroid dienone is 1. The number of halogens is 1. The van der Waals surface area contributed by atoms with Gasteiger partial charge in [-0.3, -0.25) is 9.69 Å². The third kappa shape index (κ3) is 5.22. The van der Waals surface area contributed by atoms with Crippen LogP contribution in [0, 0.1) is 0 Å². The summed E-state index contributed by atoms with van der Waals surface area (Å²) in [5.74, 6) is 0.587. The second-order valence-electron chi connectivity index (χ2n) is 5.38. The molecule has 0 amide bonds. The number of benzene rings is 1. The van der Waals surface area contributed by atoms with Crippen molar-refractivity contribution in [2.24, 2.45) is 0 Å². The van der Waals surface area contributed by atoms with E-state index in [9.17, 15) is 4.79 Å². The fourth-order valence-electron chi connectivity index (χ4n) is 2.52. The summed E-state index contributed by atoms with van der Waals surface area (Å²) < 4.78 is 6.41. The van der Waals surface area contributed by atoms with E-state index in [0.29, 0.717) is 17.9 Å². The number of hydrogen-bond donors (Lipinski definition) is 0. The van der Waals surface area contributed by atoms with Gasteiger partial charge in [-0.1, -0.05) is 22.0 Å². The van der Waals surface area contributed by atoms with Crippen molar-refractivity contribution in [2.75, 3.05) is 39.3 Å². The maximum atomic E-state index is 12.5. The first-order chi connectivity index (χ1) is 11.1. The molecule has 1 aliphatic rings. The zero-order valence-electron chi connectivity index (χ0n) is 13.5. The van der Waals surface area contributed by atoms with E-state index in [2.05, 4.69) is 32.3 Å². The zero-order valence-corrected chi connectivity index (χ0v) is 15.1. The van der Waals surface area contributed by atoms with Gasteiger partial charge < -0.3 is 9.64 Å². The molecule has 0 unspecified atom stereocenters. The second kappa shape index (κ2) is 8.89. The van der Waals surface area contributed by atoms with E-state index in [1.807, 2.05) is 31.3 Å². The minimum Gasteiger partial charge on any atom is -0.493 e. The topological polar surface area (TPSA) is 32.8 Å². The highest BCUT2D eigenvalue weighted by atomic mass is 79.9. The molecule has 0 saturated carbocycles. The van der Waals surface area contributed by atoms with Crippen LogP contribution in [0.1, 0.15) is 17.3 Å². The molecule has 1 saturated heterocycles. The molecule has 5 heteroatoms. The van der Waals surface area contributed by atoms with Crippen molar-refractivity contribution >= 4 is 21.7 Å². The summed E-state index contributed by atoms with van der Waals surface area (Å²) in [5, 5.41) is 0. The van der Waals surface area contributed by atoms with Gasteiger partial charge in [0.1, 0.15) is 5.75 Å². The summed E-state index contributed by atoms with van der Waals surface area (Å²) in [7, 11) is 0. The Morgan fingerprint density at radius 1 is 1.35 bits per heavy atom. The third-order valence-electron chi connectivity index (χ3n) is 3.74. The molecule has 2 rings (SSSR count). The average molecular weight is 379 g/mol. The Kier molecular flexibility index (Phi) is 6.86. The lowest BCUT2D eigenvalue weighted by Gasteiger charge is -2.33. The molecule has 1 aliphatic heterocycles. The van der Waals surface area contributed by atoms with E-state index in [0.717, 1.165) is 37.2 Å². The molecule has 1 heterocycles. The van der Waals surface area contributed by atoms with Crippen molar-refractivity contribution in [3.63, 3.8) is 0 Å².